The fourth-order valence-electron chi connectivity index (χ4n) is 6.78. The molecule has 2 amide bonds. The molecule has 2 aliphatic rings. The Labute approximate surface area is 250 Å². The third-order valence-electron chi connectivity index (χ3n) is 8.57. The molecule has 2 N–H and O–H groups in total. The molecule has 220 valence electrons. The molecule has 3 aromatic carbocycles. The summed E-state index contributed by atoms with van der Waals surface area (Å²) in [5, 5.41) is 12.6. The fourth-order valence-corrected chi connectivity index (χ4v) is 6.78. The molecule has 0 unspecified atom stereocenters. The SMILES string of the molecule is CC(C)Cn1c2cccc(OC(=O)NCc3ccc(N(C)C)cc3)c2c2c3c(c4c(c21)CCc1nn(C)cc1-4)C(=O)NC3. The minimum absolute atomic E-state index is 0.0639. The van der Waals surface area contributed by atoms with Crippen LogP contribution in [0.5, 0.6) is 5.75 Å². The first-order valence-electron chi connectivity index (χ1n) is 14.9. The molecule has 0 radical (unpaired) electrons. The van der Waals surface area contributed by atoms with Gasteiger partial charge in [-0.3, -0.25) is 9.48 Å². The summed E-state index contributed by atoms with van der Waals surface area (Å²) in [6.45, 7) is 6.00. The van der Waals surface area contributed by atoms with Gasteiger partial charge in [-0.25, -0.2) is 4.79 Å². The minimum Gasteiger partial charge on any atom is -0.410 e. The Bertz CT molecular complexity index is 1930. The number of nitrogens with zero attached hydrogens (tertiary/aromatic N) is 4. The van der Waals surface area contributed by atoms with E-state index in [4.69, 9.17) is 9.84 Å². The fraction of sp³-hybridized carbons (Fsp3) is 0.324. The lowest BCUT2D eigenvalue weighted by molar-refractivity contribution is 0.0966. The number of hydrogen-bond acceptors (Lipinski definition) is 5. The normalized spacial score (nSPS) is 13.7. The molecule has 2 aromatic heterocycles. The Hall–Kier alpha value is -4.79. The minimum atomic E-state index is -0.516. The van der Waals surface area contributed by atoms with E-state index < -0.39 is 6.09 Å². The number of fused-ring (bicyclic) bond motifs is 10. The second-order valence-corrected chi connectivity index (χ2v) is 12.2. The summed E-state index contributed by atoms with van der Waals surface area (Å²) in [7, 11) is 5.92. The second kappa shape index (κ2) is 10.2. The first-order chi connectivity index (χ1) is 20.7. The van der Waals surface area contributed by atoms with Gasteiger partial charge >= 0.3 is 6.09 Å². The highest BCUT2D eigenvalue weighted by atomic mass is 16.6. The predicted octanol–water partition coefficient (Wildman–Crippen LogP) is 5.55. The number of carbonyl (C=O) groups excluding carboxylic acids is 2. The van der Waals surface area contributed by atoms with E-state index in [1.807, 2.05) is 73.3 Å². The van der Waals surface area contributed by atoms with Crippen LogP contribution >= 0.6 is 0 Å². The van der Waals surface area contributed by atoms with Crippen LogP contribution < -0.4 is 20.3 Å². The Kier molecular flexibility index (Phi) is 6.41. The van der Waals surface area contributed by atoms with Crippen LogP contribution in [-0.2, 0) is 39.5 Å². The number of aryl methyl sites for hydroxylation is 3. The smallest absolute Gasteiger partial charge is 0.410 e. The number of carbonyl (C=O) groups is 2. The van der Waals surface area contributed by atoms with Gasteiger partial charge in [-0.2, -0.15) is 5.10 Å². The van der Waals surface area contributed by atoms with Crippen molar-refractivity contribution in [3.8, 4) is 16.9 Å². The van der Waals surface area contributed by atoms with Gasteiger partial charge in [0.05, 0.1) is 27.7 Å². The highest BCUT2D eigenvalue weighted by Gasteiger charge is 2.36. The van der Waals surface area contributed by atoms with Gasteiger partial charge in [0.25, 0.3) is 5.91 Å². The topological polar surface area (TPSA) is 93.4 Å². The molecule has 9 nitrogen and oxygen atoms in total. The third kappa shape index (κ3) is 4.42. The molecule has 1 aliphatic carbocycles. The van der Waals surface area contributed by atoms with Crippen LogP contribution in [0.4, 0.5) is 10.5 Å². The van der Waals surface area contributed by atoms with Crippen LogP contribution in [-0.4, -0.2) is 40.4 Å². The van der Waals surface area contributed by atoms with Gasteiger partial charge in [0.15, 0.2) is 0 Å². The van der Waals surface area contributed by atoms with Crippen molar-refractivity contribution in [2.45, 2.75) is 46.3 Å². The number of anilines is 1. The number of nitrogens with one attached hydrogen (secondary N) is 2. The number of amides is 2. The largest absolute Gasteiger partial charge is 0.412 e. The van der Waals surface area contributed by atoms with Crippen molar-refractivity contribution < 1.29 is 14.3 Å². The number of benzene rings is 3. The van der Waals surface area contributed by atoms with Gasteiger partial charge in [0.2, 0.25) is 0 Å². The van der Waals surface area contributed by atoms with Crippen LogP contribution in [0.25, 0.3) is 32.9 Å². The molecular formula is C34H36N6O3. The van der Waals surface area contributed by atoms with Crippen molar-refractivity contribution in [1.82, 2.24) is 25.0 Å². The zero-order valence-electron chi connectivity index (χ0n) is 25.2. The number of rotatable bonds is 6. The van der Waals surface area contributed by atoms with Gasteiger partial charge < -0.3 is 24.8 Å². The van der Waals surface area contributed by atoms with Crippen molar-refractivity contribution in [1.29, 1.82) is 0 Å². The first-order valence-corrected chi connectivity index (χ1v) is 14.9. The maximum Gasteiger partial charge on any atom is 0.412 e. The predicted molar refractivity (Wildman–Crippen MR) is 169 cm³/mol. The molecular weight excluding hydrogens is 540 g/mol. The van der Waals surface area contributed by atoms with Gasteiger partial charge in [0, 0.05) is 69.2 Å². The monoisotopic (exact) mass is 576 g/mol. The van der Waals surface area contributed by atoms with Crippen LogP contribution in [0.3, 0.4) is 0 Å². The van der Waals surface area contributed by atoms with E-state index in [9.17, 15) is 9.59 Å². The molecule has 1 aliphatic heterocycles. The van der Waals surface area contributed by atoms with E-state index in [-0.39, 0.29) is 5.91 Å². The summed E-state index contributed by atoms with van der Waals surface area (Å²) in [6, 6.07) is 13.9. The standard InChI is InChI=1S/C34H36N6O3/c1-19(2)17-40-26-7-6-8-27(43-34(42)36-15-20-9-11-21(12-10-20)38(3)4)31(26)29-23-16-35-33(41)30(23)28-22(32(29)40)13-14-25-24(28)18-39(5)37-25/h6-12,18-19H,13-17H2,1-5H3,(H,35,41)(H,36,42). The van der Waals surface area contributed by atoms with Crippen LogP contribution in [0, 0.1) is 5.92 Å². The van der Waals surface area contributed by atoms with Gasteiger partial charge in [0.1, 0.15) is 5.75 Å². The summed E-state index contributed by atoms with van der Waals surface area (Å²) < 4.78 is 10.2. The average molecular weight is 577 g/mol. The third-order valence-corrected chi connectivity index (χ3v) is 8.57. The van der Waals surface area contributed by atoms with Crippen LogP contribution in [0.1, 0.15) is 46.6 Å². The quantitative estimate of drug-likeness (QED) is 0.277. The van der Waals surface area contributed by atoms with Crippen LogP contribution in [0.2, 0.25) is 0 Å². The molecule has 3 heterocycles. The van der Waals surface area contributed by atoms with E-state index in [1.54, 1.807) is 0 Å². The zero-order chi connectivity index (χ0) is 30.0. The molecule has 0 bridgehead atoms. The maximum atomic E-state index is 13.4. The molecule has 9 heteroatoms. The summed E-state index contributed by atoms with van der Waals surface area (Å²) >= 11 is 0. The number of ether oxygens (including phenoxy) is 1. The van der Waals surface area contributed by atoms with Gasteiger partial charge in [-0.1, -0.05) is 32.0 Å². The molecule has 43 heavy (non-hydrogen) atoms. The van der Waals surface area contributed by atoms with Gasteiger partial charge in [-0.05, 0) is 59.7 Å². The molecule has 0 saturated carbocycles. The van der Waals surface area contributed by atoms with Crippen molar-refractivity contribution in [3.05, 3.63) is 76.6 Å². The van der Waals surface area contributed by atoms with Crippen molar-refractivity contribution >= 4 is 39.5 Å². The first kappa shape index (κ1) is 27.1. The lowest BCUT2D eigenvalue weighted by atomic mass is 9.82. The highest BCUT2D eigenvalue weighted by Crippen LogP contribution is 2.48. The van der Waals surface area contributed by atoms with E-state index >= 15 is 0 Å². The average Bonchev–Trinajstić information content (AvgIpc) is 3.65. The molecule has 7 rings (SSSR count). The molecule has 0 saturated heterocycles. The number of hydrogen-bond donors (Lipinski definition) is 2. The Morgan fingerprint density at radius 1 is 1.07 bits per heavy atom. The van der Waals surface area contributed by atoms with E-state index in [0.717, 1.165) is 80.4 Å². The van der Waals surface area contributed by atoms with Crippen molar-refractivity contribution in [3.63, 3.8) is 0 Å². The lowest BCUT2D eigenvalue weighted by Crippen LogP contribution is -2.26. The maximum absolute atomic E-state index is 13.4. The Balaban J connectivity index is 1.37. The lowest BCUT2D eigenvalue weighted by Gasteiger charge is -2.22. The molecule has 5 aromatic rings. The summed E-state index contributed by atoms with van der Waals surface area (Å²) in [6.07, 6.45) is 3.11. The summed E-state index contributed by atoms with van der Waals surface area (Å²) in [4.78, 5) is 28.6. The second-order valence-electron chi connectivity index (χ2n) is 12.2. The summed E-state index contributed by atoms with van der Waals surface area (Å²) in [5.41, 5.74) is 10.1. The van der Waals surface area contributed by atoms with Crippen molar-refractivity contribution in [2.75, 3.05) is 19.0 Å². The number of aromatic nitrogens is 3. The van der Waals surface area contributed by atoms with E-state index in [2.05, 4.69) is 35.1 Å². The Morgan fingerprint density at radius 2 is 1.86 bits per heavy atom. The van der Waals surface area contributed by atoms with E-state index in [0.29, 0.717) is 24.8 Å². The van der Waals surface area contributed by atoms with Crippen LogP contribution in [0.15, 0.2) is 48.7 Å². The molecule has 0 spiro atoms. The molecule has 0 fully saturated rings. The van der Waals surface area contributed by atoms with Crippen molar-refractivity contribution in [2.24, 2.45) is 13.0 Å². The van der Waals surface area contributed by atoms with Gasteiger partial charge in [-0.15, -0.1) is 0 Å². The summed E-state index contributed by atoms with van der Waals surface area (Å²) in [5.74, 6) is 0.808. The highest BCUT2D eigenvalue weighted by molar-refractivity contribution is 6.21. The zero-order valence-corrected chi connectivity index (χ0v) is 25.2. The van der Waals surface area contributed by atoms with E-state index in [1.165, 1.54) is 5.56 Å². The molecule has 0 atom stereocenters. The Morgan fingerprint density at radius 3 is 2.60 bits per heavy atom.